The summed E-state index contributed by atoms with van der Waals surface area (Å²) in [6.45, 7) is 4.45. The number of hydrogen-bond acceptors (Lipinski definition) is 2. The Morgan fingerprint density at radius 2 is 1.57 bits per heavy atom. The van der Waals surface area contributed by atoms with Gasteiger partial charge in [0, 0.05) is 5.41 Å². The van der Waals surface area contributed by atoms with Crippen LogP contribution in [0, 0.1) is 16.7 Å². The molecule has 2 aliphatic rings. The quantitative estimate of drug-likeness (QED) is 0.436. The van der Waals surface area contributed by atoms with E-state index in [4.69, 9.17) is 0 Å². The standard InChI is InChI=1S/C14H15F7O2/c1-10(2)6-4-5-11(10,3)8(22)7(6)9(23)12(15,16)13(17,18)14(19,20)21/h6,23H,4-5H2,1-3H3/p-1/t6-,11+/m0/s1. The van der Waals surface area contributed by atoms with E-state index in [2.05, 4.69) is 0 Å². The third kappa shape index (κ3) is 1.91. The summed E-state index contributed by atoms with van der Waals surface area (Å²) in [7, 11) is 0. The second-order valence-electron chi connectivity index (χ2n) is 6.86. The van der Waals surface area contributed by atoms with Gasteiger partial charge in [-0.3, -0.25) is 4.79 Å². The van der Waals surface area contributed by atoms with Gasteiger partial charge in [0.15, 0.2) is 5.78 Å². The Morgan fingerprint density at radius 1 is 1.09 bits per heavy atom. The van der Waals surface area contributed by atoms with Crippen LogP contribution < -0.4 is 5.11 Å². The van der Waals surface area contributed by atoms with E-state index >= 15 is 0 Å². The van der Waals surface area contributed by atoms with Crippen LogP contribution in [0.25, 0.3) is 0 Å². The van der Waals surface area contributed by atoms with Crippen LogP contribution in [0.15, 0.2) is 11.3 Å². The Bertz CT molecular complexity index is 588. The van der Waals surface area contributed by atoms with E-state index in [1.165, 1.54) is 20.8 Å². The van der Waals surface area contributed by atoms with Gasteiger partial charge < -0.3 is 5.11 Å². The van der Waals surface area contributed by atoms with Crippen LogP contribution in [-0.2, 0) is 4.79 Å². The van der Waals surface area contributed by atoms with Crippen LogP contribution in [0.3, 0.4) is 0 Å². The lowest BCUT2D eigenvalue weighted by molar-refractivity contribution is -0.406. The molecule has 0 aromatic rings. The SMILES string of the molecule is CC1(C)[C@H]2CC[C@]1(C)C(=O)C2=C([O-])C(F)(F)C(F)(F)C(F)(F)F. The van der Waals surface area contributed by atoms with Gasteiger partial charge in [-0.25, -0.2) is 0 Å². The fourth-order valence-electron chi connectivity index (χ4n) is 3.62. The number of carbonyl (C=O) groups excluding carboxylic acids is 1. The molecule has 0 unspecified atom stereocenters. The topological polar surface area (TPSA) is 40.1 Å². The van der Waals surface area contributed by atoms with Gasteiger partial charge in [-0.1, -0.05) is 20.8 Å². The van der Waals surface area contributed by atoms with E-state index < -0.39 is 51.9 Å². The lowest BCUT2D eigenvalue weighted by atomic mass is 9.70. The first kappa shape index (κ1) is 18.1. The molecule has 2 saturated carbocycles. The van der Waals surface area contributed by atoms with Crippen molar-refractivity contribution in [3.05, 3.63) is 11.3 Å². The molecule has 0 radical (unpaired) electrons. The molecule has 2 aliphatic carbocycles. The van der Waals surface area contributed by atoms with Crippen molar-refractivity contribution in [1.29, 1.82) is 0 Å². The smallest absolute Gasteiger partial charge is 0.460 e. The summed E-state index contributed by atoms with van der Waals surface area (Å²) in [5.41, 5.74) is -3.29. The Morgan fingerprint density at radius 3 is 1.91 bits per heavy atom. The second-order valence-corrected chi connectivity index (χ2v) is 6.86. The lowest BCUT2D eigenvalue weighted by Crippen LogP contribution is -2.55. The van der Waals surface area contributed by atoms with E-state index in [0.717, 1.165) is 0 Å². The zero-order chi connectivity index (χ0) is 18.2. The van der Waals surface area contributed by atoms with E-state index in [1.807, 2.05) is 0 Å². The number of allylic oxidation sites excluding steroid dienone is 2. The summed E-state index contributed by atoms with van der Waals surface area (Å²) in [5.74, 6) is -17.4. The van der Waals surface area contributed by atoms with Crippen molar-refractivity contribution < 1.29 is 40.6 Å². The molecule has 0 heterocycles. The molecule has 0 N–H and O–H groups in total. The molecule has 2 atom stereocenters. The van der Waals surface area contributed by atoms with Crippen LogP contribution in [-0.4, -0.2) is 23.8 Å². The highest BCUT2D eigenvalue weighted by atomic mass is 19.4. The fraction of sp³-hybridized carbons (Fsp3) is 0.786. The van der Waals surface area contributed by atoms with Crippen molar-refractivity contribution >= 4 is 5.78 Å². The predicted molar refractivity (Wildman–Crippen MR) is 62.6 cm³/mol. The number of halogens is 7. The maximum atomic E-state index is 13.6. The maximum Gasteiger partial charge on any atom is 0.460 e. The molecule has 2 fully saturated rings. The first-order chi connectivity index (χ1) is 10.0. The molecule has 0 amide bonds. The molecule has 132 valence electrons. The molecule has 0 aromatic carbocycles. The minimum absolute atomic E-state index is 0.115. The van der Waals surface area contributed by atoms with E-state index in [0.29, 0.717) is 0 Å². The summed E-state index contributed by atoms with van der Waals surface area (Å²) < 4.78 is 90.0. The predicted octanol–water partition coefficient (Wildman–Crippen LogP) is 3.46. The van der Waals surface area contributed by atoms with Gasteiger partial charge in [0.25, 0.3) is 0 Å². The van der Waals surface area contributed by atoms with Crippen LogP contribution >= 0.6 is 0 Å². The highest BCUT2D eigenvalue weighted by Crippen LogP contribution is 2.66. The van der Waals surface area contributed by atoms with Crippen molar-refractivity contribution in [1.82, 2.24) is 0 Å². The highest BCUT2D eigenvalue weighted by molar-refractivity contribution is 6.05. The van der Waals surface area contributed by atoms with E-state index in [9.17, 15) is 40.6 Å². The molecule has 23 heavy (non-hydrogen) atoms. The van der Waals surface area contributed by atoms with Crippen molar-refractivity contribution in [3.8, 4) is 0 Å². The van der Waals surface area contributed by atoms with Gasteiger partial charge >= 0.3 is 18.0 Å². The molecule has 9 heteroatoms. The first-order valence-corrected chi connectivity index (χ1v) is 6.82. The van der Waals surface area contributed by atoms with Gasteiger partial charge in [-0.15, -0.1) is 0 Å². The molecular weight excluding hydrogens is 333 g/mol. The van der Waals surface area contributed by atoms with Gasteiger partial charge in [0.1, 0.15) is 0 Å². The van der Waals surface area contributed by atoms with Gasteiger partial charge in [0.05, 0.1) is 0 Å². The van der Waals surface area contributed by atoms with Gasteiger partial charge in [-0.2, -0.15) is 30.7 Å². The zero-order valence-electron chi connectivity index (χ0n) is 12.5. The third-order valence-electron chi connectivity index (χ3n) is 5.60. The summed E-state index contributed by atoms with van der Waals surface area (Å²) in [6, 6.07) is 0. The van der Waals surface area contributed by atoms with Gasteiger partial charge in [0.2, 0.25) is 0 Å². The maximum absolute atomic E-state index is 13.6. The number of carbonyl (C=O) groups is 1. The van der Waals surface area contributed by atoms with Crippen LogP contribution in [0.1, 0.15) is 33.6 Å². The van der Waals surface area contributed by atoms with Crippen LogP contribution in [0.5, 0.6) is 0 Å². The van der Waals surface area contributed by atoms with Crippen molar-refractivity contribution in [3.63, 3.8) is 0 Å². The molecule has 2 rings (SSSR count). The van der Waals surface area contributed by atoms with Crippen LogP contribution in [0.4, 0.5) is 30.7 Å². The highest BCUT2D eigenvalue weighted by Gasteiger charge is 2.74. The molecule has 0 aliphatic heterocycles. The molecular formula is C14H14F7O2-. The first-order valence-electron chi connectivity index (χ1n) is 6.82. The summed E-state index contributed by atoms with van der Waals surface area (Å²) in [5, 5.41) is 11.8. The normalized spacial score (nSPS) is 33.3. The number of Topliss-reactive ketones (excluding diaryl/α,β-unsaturated/α-hetero) is 1. The number of hydrogen-bond donors (Lipinski definition) is 0. The summed E-state index contributed by atoms with van der Waals surface area (Å²) in [4.78, 5) is 12.3. The lowest BCUT2D eigenvalue weighted by Gasteiger charge is -2.35. The molecule has 0 spiro atoms. The van der Waals surface area contributed by atoms with Crippen molar-refractivity contribution in [2.24, 2.45) is 16.7 Å². The molecule has 2 nitrogen and oxygen atoms in total. The Kier molecular flexibility index (Phi) is 3.47. The number of ketones is 1. The Hall–Kier alpha value is -1.28. The second kappa shape index (κ2) is 4.42. The largest absolute Gasteiger partial charge is 0.871 e. The monoisotopic (exact) mass is 347 g/mol. The third-order valence-corrected chi connectivity index (χ3v) is 5.60. The number of rotatable bonds is 2. The average Bonchev–Trinajstić information content (AvgIpc) is 2.68. The zero-order valence-corrected chi connectivity index (χ0v) is 12.5. The Balaban J connectivity index is 2.62. The minimum atomic E-state index is -6.60. The van der Waals surface area contributed by atoms with Gasteiger partial charge in [-0.05, 0) is 35.5 Å². The number of fused-ring (bicyclic) bond motifs is 2. The Labute approximate surface area is 127 Å². The van der Waals surface area contributed by atoms with E-state index in [1.54, 1.807) is 0 Å². The molecule has 0 saturated heterocycles. The summed E-state index contributed by atoms with van der Waals surface area (Å²) >= 11 is 0. The van der Waals surface area contributed by atoms with Crippen molar-refractivity contribution in [2.45, 2.75) is 51.6 Å². The average molecular weight is 347 g/mol. The van der Waals surface area contributed by atoms with Crippen molar-refractivity contribution in [2.75, 3.05) is 0 Å². The molecule has 2 bridgehead atoms. The van der Waals surface area contributed by atoms with Crippen LogP contribution in [0.2, 0.25) is 0 Å². The minimum Gasteiger partial charge on any atom is -0.871 e. The molecule has 0 aromatic heterocycles. The summed E-state index contributed by atoms with van der Waals surface area (Å²) in [6.07, 6.45) is -6.22. The fourth-order valence-corrected chi connectivity index (χ4v) is 3.62. The van der Waals surface area contributed by atoms with E-state index in [-0.39, 0.29) is 12.8 Å². The number of alkyl halides is 7.